The van der Waals surface area contributed by atoms with E-state index < -0.39 is 0 Å². The van der Waals surface area contributed by atoms with Gasteiger partial charge in [-0.2, -0.15) is 0 Å². The summed E-state index contributed by atoms with van der Waals surface area (Å²) >= 11 is 12.3. The number of anilines is 1. The highest BCUT2D eigenvalue weighted by molar-refractivity contribution is 6.35. The van der Waals surface area contributed by atoms with Crippen molar-refractivity contribution in [2.24, 2.45) is 4.99 Å². The summed E-state index contributed by atoms with van der Waals surface area (Å²) in [7, 11) is 0. The number of piperazine rings is 1. The van der Waals surface area contributed by atoms with Crippen molar-refractivity contribution in [2.45, 2.75) is 25.9 Å². The van der Waals surface area contributed by atoms with Crippen LogP contribution in [-0.4, -0.2) is 62.7 Å². The topological polar surface area (TPSA) is 92.4 Å². The number of benzene rings is 2. The molecule has 2 aromatic carbocycles. The van der Waals surface area contributed by atoms with Gasteiger partial charge in [0, 0.05) is 73.9 Å². The summed E-state index contributed by atoms with van der Waals surface area (Å²) in [6.45, 7) is 5.62. The Hall–Kier alpha value is -3.40. The van der Waals surface area contributed by atoms with Crippen LogP contribution >= 0.6 is 23.2 Å². The highest BCUT2D eigenvalue weighted by Crippen LogP contribution is 2.22. The maximum Gasteiger partial charge on any atom is 0.261 e. The van der Waals surface area contributed by atoms with Crippen molar-refractivity contribution in [2.75, 3.05) is 38.0 Å². The van der Waals surface area contributed by atoms with Crippen molar-refractivity contribution >= 4 is 45.8 Å². The molecule has 4 aromatic rings. The number of fused-ring (bicyclic) bond motifs is 1. The number of nitrogens with zero attached hydrogens (tertiary/aromatic N) is 6. The normalized spacial score (nSPS) is 14.3. The fourth-order valence-electron chi connectivity index (χ4n) is 4.44. The van der Waals surface area contributed by atoms with E-state index in [2.05, 4.69) is 30.1 Å². The van der Waals surface area contributed by atoms with Crippen LogP contribution in [0.15, 0.2) is 71.2 Å². The van der Waals surface area contributed by atoms with Gasteiger partial charge in [0.15, 0.2) is 5.96 Å². The van der Waals surface area contributed by atoms with Gasteiger partial charge in [-0.3, -0.25) is 14.4 Å². The van der Waals surface area contributed by atoms with E-state index in [1.165, 1.54) is 0 Å². The molecule has 0 bridgehead atoms. The van der Waals surface area contributed by atoms with Gasteiger partial charge in [-0.15, -0.1) is 0 Å². The van der Waals surface area contributed by atoms with Gasteiger partial charge in [0.2, 0.25) is 0 Å². The summed E-state index contributed by atoms with van der Waals surface area (Å²) in [4.78, 5) is 28.9. The molecule has 1 aliphatic heterocycles. The third-order valence-electron chi connectivity index (χ3n) is 6.53. The van der Waals surface area contributed by atoms with E-state index in [1.54, 1.807) is 29.2 Å². The van der Waals surface area contributed by atoms with Crippen LogP contribution in [0.25, 0.3) is 10.9 Å². The summed E-state index contributed by atoms with van der Waals surface area (Å²) in [5.74, 6) is 0.838. The second-order valence-corrected chi connectivity index (χ2v) is 10.0. The number of hydrogen-bond donors (Lipinski definition) is 2. The minimum absolute atomic E-state index is 0.0814. The standard InChI is InChI=1S/C27H30Cl2N8O/c28-21-3-2-20(24(29)16-21)6-12-37-19-33-25-17-22(4-5-23(25)26(37)38)34-27(36-14-9-30-10-15-36)32-7-1-11-35-13-8-31-18-35/h2-5,8,13,16-19,30H,1,6-7,9-12,14-15H2,(H,32,34). The lowest BCUT2D eigenvalue weighted by molar-refractivity contribution is 0.355. The van der Waals surface area contributed by atoms with E-state index >= 15 is 0 Å². The molecule has 0 spiro atoms. The quantitative estimate of drug-likeness (QED) is 0.195. The number of aliphatic imine (C=N–C) groups is 1. The van der Waals surface area contributed by atoms with Gasteiger partial charge >= 0.3 is 0 Å². The molecule has 1 fully saturated rings. The van der Waals surface area contributed by atoms with Crippen LogP contribution in [0.5, 0.6) is 0 Å². The summed E-state index contributed by atoms with van der Waals surface area (Å²) < 4.78 is 3.67. The van der Waals surface area contributed by atoms with Crippen molar-refractivity contribution in [3.05, 3.63) is 87.4 Å². The van der Waals surface area contributed by atoms with Crippen LogP contribution in [-0.2, 0) is 19.5 Å². The molecule has 0 atom stereocenters. The molecule has 5 rings (SSSR count). The zero-order valence-electron chi connectivity index (χ0n) is 21.0. The Morgan fingerprint density at radius 3 is 2.74 bits per heavy atom. The lowest BCUT2D eigenvalue weighted by atomic mass is 10.1. The van der Waals surface area contributed by atoms with Gasteiger partial charge in [-0.05, 0) is 48.7 Å². The second-order valence-electron chi connectivity index (χ2n) is 9.18. The molecule has 0 aliphatic carbocycles. The summed E-state index contributed by atoms with van der Waals surface area (Å²) in [5.41, 5.74) is 2.34. The minimum Gasteiger partial charge on any atom is -0.340 e. The van der Waals surface area contributed by atoms with E-state index in [4.69, 9.17) is 28.2 Å². The van der Waals surface area contributed by atoms with Gasteiger partial charge in [-0.25, -0.2) is 9.97 Å². The molecule has 0 amide bonds. The Morgan fingerprint density at radius 1 is 1.08 bits per heavy atom. The average Bonchev–Trinajstić information content (AvgIpc) is 3.45. The van der Waals surface area contributed by atoms with Crippen molar-refractivity contribution in [1.29, 1.82) is 0 Å². The van der Waals surface area contributed by atoms with Crippen molar-refractivity contribution in [1.82, 2.24) is 29.3 Å². The maximum atomic E-state index is 13.1. The zero-order chi connectivity index (χ0) is 26.3. The minimum atomic E-state index is -0.0814. The molecule has 2 N–H and O–H groups in total. The van der Waals surface area contributed by atoms with Crippen molar-refractivity contribution in [3.8, 4) is 0 Å². The van der Waals surface area contributed by atoms with Gasteiger partial charge in [0.25, 0.3) is 5.56 Å². The lowest BCUT2D eigenvalue weighted by Gasteiger charge is -2.30. The Morgan fingerprint density at radius 2 is 1.95 bits per heavy atom. The molecular formula is C27H30Cl2N8O. The highest BCUT2D eigenvalue weighted by atomic mass is 35.5. The molecule has 3 heterocycles. The highest BCUT2D eigenvalue weighted by Gasteiger charge is 2.15. The van der Waals surface area contributed by atoms with Crippen LogP contribution < -0.4 is 16.2 Å². The van der Waals surface area contributed by atoms with Gasteiger partial charge in [0.1, 0.15) is 0 Å². The number of guanidine groups is 1. The number of imidazole rings is 1. The first kappa shape index (κ1) is 26.2. The van der Waals surface area contributed by atoms with Gasteiger partial charge < -0.3 is 20.1 Å². The number of halogens is 2. The van der Waals surface area contributed by atoms with Crippen LogP contribution in [0.1, 0.15) is 12.0 Å². The predicted molar refractivity (Wildman–Crippen MR) is 153 cm³/mol. The monoisotopic (exact) mass is 552 g/mol. The largest absolute Gasteiger partial charge is 0.340 e. The Bertz CT molecular complexity index is 1460. The van der Waals surface area contributed by atoms with Crippen LogP contribution in [0.3, 0.4) is 0 Å². The van der Waals surface area contributed by atoms with E-state index in [0.29, 0.717) is 40.5 Å². The van der Waals surface area contributed by atoms with E-state index in [-0.39, 0.29) is 5.56 Å². The zero-order valence-corrected chi connectivity index (χ0v) is 22.5. The summed E-state index contributed by atoms with van der Waals surface area (Å²) in [5, 5.41) is 8.62. The number of hydrogen-bond acceptors (Lipinski definition) is 5. The first-order chi connectivity index (χ1) is 18.6. The number of aromatic nitrogens is 4. The maximum absolute atomic E-state index is 13.1. The Balaban J connectivity index is 1.29. The SMILES string of the molecule is O=c1c2ccc(NC(=NCCCn3ccnc3)N3CCNCC3)cc2ncn1CCc1ccc(Cl)cc1Cl. The molecule has 0 radical (unpaired) electrons. The van der Waals surface area contributed by atoms with Crippen LogP contribution in [0.4, 0.5) is 5.69 Å². The van der Waals surface area contributed by atoms with Crippen molar-refractivity contribution in [3.63, 3.8) is 0 Å². The summed E-state index contributed by atoms with van der Waals surface area (Å²) in [6.07, 6.45) is 8.68. The number of rotatable bonds is 8. The van der Waals surface area contributed by atoms with Crippen LogP contribution in [0, 0.1) is 0 Å². The molecule has 11 heteroatoms. The first-order valence-corrected chi connectivity index (χ1v) is 13.5. The first-order valence-electron chi connectivity index (χ1n) is 12.7. The van der Waals surface area contributed by atoms with E-state index in [0.717, 1.165) is 56.4 Å². The molecule has 9 nitrogen and oxygen atoms in total. The Kier molecular flexibility index (Phi) is 8.58. The number of nitrogens with one attached hydrogen (secondary N) is 2. The molecule has 1 saturated heterocycles. The smallest absolute Gasteiger partial charge is 0.261 e. The molecule has 0 unspecified atom stereocenters. The average molecular weight is 553 g/mol. The second kappa shape index (κ2) is 12.4. The molecule has 2 aromatic heterocycles. The number of aryl methyl sites for hydroxylation is 3. The predicted octanol–water partition coefficient (Wildman–Crippen LogP) is 3.91. The molecule has 1 aliphatic rings. The fraction of sp³-hybridized carbons (Fsp3) is 0.333. The molecular weight excluding hydrogens is 523 g/mol. The van der Waals surface area contributed by atoms with Gasteiger partial charge in [-0.1, -0.05) is 29.3 Å². The molecule has 38 heavy (non-hydrogen) atoms. The fourth-order valence-corrected chi connectivity index (χ4v) is 4.95. The summed E-state index contributed by atoms with van der Waals surface area (Å²) in [6, 6.07) is 11.0. The third-order valence-corrected chi connectivity index (χ3v) is 7.12. The molecule has 198 valence electrons. The van der Waals surface area contributed by atoms with E-state index in [9.17, 15) is 4.79 Å². The molecule has 0 saturated carbocycles. The van der Waals surface area contributed by atoms with E-state index in [1.807, 2.05) is 36.8 Å². The lowest BCUT2D eigenvalue weighted by Crippen LogP contribution is -2.48. The van der Waals surface area contributed by atoms with Crippen molar-refractivity contribution < 1.29 is 0 Å². The van der Waals surface area contributed by atoms with Gasteiger partial charge in [0.05, 0.1) is 23.6 Å². The van der Waals surface area contributed by atoms with Crippen LogP contribution in [0.2, 0.25) is 10.0 Å². The Labute approximate surface area is 231 Å². The third kappa shape index (κ3) is 6.53.